The highest BCUT2D eigenvalue weighted by Gasteiger charge is 2.14. The van der Waals surface area contributed by atoms with Crippen LogP contribution in [0, 0.1) is 0 Å². The van der Waals surface area contributed by atoms with E-state index in [1.807, 2.05) is 14.1 Å². The fraction of sp³-hybridized carbons (Fsp3) is 0.727. The Balaban J connectivity index is 0. The quantitative estimate of drug-likeness (QED) is 0.310. The molecule has 0 rings (SSSR count). The minimum absolute atomic E-state index is 0.311. The molecule has 114 valence electrons. The zero-order chi connectivity index (χ0) is 15.7. The van der Waals surface area contributed by atoms with E-state index in [1.54, 1.807) is 6.92 Å². The second-order valence-electron chi connectivity index (χ2n) is 4.33. The zero-order valence-corrected chi connectivity index (χ0v) is 13.2. The molecule has 8 heteroatoms. The van der Waals surface area contributed by atoms with Gasteiger partial charge in [-0.3, -0.25) is 12.8 Å². The monoisotopic (exact) mass is 298 g/mol. The van der Waals surface area contributed by atoms with E-state index in [9.17, 15) is 13.2 Å². The lowest BCUT2D eigenvalue weighted by molar-refractivity contribution is -0.905. The number of quaternary nitrogens is 1. The van der Waals surface area contributed by atoms with Gasteiger partial charge in [0.1, 0.15) is 0 Å². The van der Waals surface area contributed by atoms with Crippen molar-refractivity contribution < 1.29 is 30.8 Å². The van der Waals surface area contributed by atoms with E-state index in [-0.39, 0.29) is 5.97 Å². The Bertz CT molecular complexity index is 378. The Morgan fingerprint density at radius 2 is 1.63 bits per heavy atom. The smallest absolute Gasteiger partial charge is 0.399 e. The molecule has 0 saturated heterocycles. The van der Waals surface area contributed by atoms with Crippen LogP contribution < -0.4 is 0 Å². The average Bonchev–Trinajstić information content (AvgIpc) is 2.36. The summed E-state index contributed by atoms with van der Waals surface area (Å²) in [5, 5.41) is 0. The lowest BCUT2D eigenvalue weighted by Crippen LogP contribution is -2.41. The maximum atomic E-state index is 11.0. The molecule has 0 atom stereocenters. The lowest BCUT2D eigenvalue weighted by Gasteiger charge is -2.26. The van der Waals surface area contributed by atoms with E-state index in [4.69, 9.17) is 4.74 Å². The minimum Gasteiger partial charge on any atom is -0.412 e. The van der Waals surface area contributed by atoms with Crippen LogP contribution in [0.5, 0.6) is 0 Å². The van der Waals surface area contributed by atoms with Gasteiger partial charge in [0, 0.05) is 5.57 Å². The molecule has 0 aromatic rings. The van der Waals surface area contributed by atoms with Crippen LogP contribution in [0.1, 0.15) is 13.8 Å². The normalized spacial score (nSPS) is 11.3. The Labute approximate surface area is 115 Å². The van der Waals surface area contributed by atoms with Gasteiger partial charge in [0.25, 0.3) is 0 Å². The molecule has 0 radical (unpaired) electrons. The van der Waals surface area contributed by atoms with Crippen LogP contribution in [-0.4, -0.2) is 60.5 Å². The summed E-state index contributed by atoms with van der Waals surface area (Å²) in [6, 6.07) is 0. The Kier molecular flexibility index (Phi) is 9.67. The maximum absolute atomic E-state index is 11.0. The van der Waals surface area contributed by atoms with E-state index in [2.05, 4.69) is 21.9 Å². The van der Waals surface area contributed by atoms with Gasteiger partial charge in [-0.05, 0) is 13.8 Å². The highest BCUT2D eigenvalue weighted by atomic mass is 32.3. The number of ether oxygens (including phenoxy) is 1. The van der Waals surface area contributed by atoms with Crippen molar-refractivity contribution >= 4 is 16.4 Å². The van der Waals surface area contributed by atoms with Gasteiger partial charge in [0.2, 0.25) is 6.73 Å². The van der Waals surface area contributed by atoms with Crippen molar-refractivity contribution in [2.24, 2.45) is 0 Å². The fourth-order valence-corrected chi connectivity index (χ4v) is 0.652. The van der Waals surface area contributed by atoms with Crippen LogP contribution in [0.4, 0.5) is 0 Å². The Morgan fingerprint density at radius 3 is 1.84 bits per heavy atom. The molecular weight excluding hydrogens is 274 g/mol. The number of esters is 1. The maximum Gasteiger partial charge on any atom is 0.399 e. The molecule has 0 aliphatic rings. The van der Waals surface area contributed by atoms with Gasteiger partial charge in [-0.1, -0.05) is 6.58 Å². The summed E-state index contributed by atoms with van der Waals surface area (Å²) in [6.07, 6.45) is 0. The molecule has 0 bridgehead atoms. The third-order valence-corrected chi connectivity index (χ3v) is 2.97. The summed E-state index contributed by atoms with van der Waals surface area (Å²) in [4.78, 5) is 11.0. The van der Waals surface area contributed by atoms with Gasteiger partial charge in [0.15, 0.2) is 0 Å². The van der Waals surface area contributed by atoms with Crippen molar-refractivity contribution in [1.29, 1.82) is 0 Å². The molecule has 0 unspecified atom stereocenters. The van der Waals surface area contributed by atoms with Crippen molar-refractivity contribution in [3.63, 3.8) is 0 Å². The molecular formula is C11H24NO6S+. The van der Waals surface area contributed by atoms with Crippen molar-refractivity contribution in [3.05, 3.63) is 12.2 Å². The molecule has 0 fully saturated rings. The van der Waals surface area contributed by atoms with Gasteiger partial charge >= 0.3 is 16.4 Å². The van der Waals surface area contributed by atoms with Crippen LogP contribution in [0.2, 0.25) is 0 Å². The third kappa shape index (κ3) is 11.8. The van der Waals surface area contributed by atoms with Crippen LogP contribution in [0.15, 0.2) is 12.2 Å². The van der Waals surface area contributed by atoms with Crippen molar-refractivity contribution in [2.75, 3.05) is 41.6 Å². The molecule has 0 N–H and O–H groups in total. The number of nitrogens with zero attached hydrogens (tertiary/aromatic N) is 1. The number of carbonyl (C=O) groups is 1. The summed E-state index contributed by atoms with van der Waals surface area (Å²) in [7, 11) is 2.41. The number of hydrogen-bond donors (Lipinski definition) is 0. The second-order valence-corrected chi connectivity index (χ2v) is 5.82. The molecule has 0 amide bonds. The van der Waals surface area contributed by atoms with Crippen molar-refractivity contribution in [3.8, 4) is 0 Å². The lowest BCUT2D eigenvalue weighted by atomic mass is 10.4. The van der Waals surface area contributed by atoms with Crippen molar-refractivity contribution in [2.45, 2.75) is 13.8 Å². The highest BCUT2D eigenvalue weighted by Crippen LogP contribution is 1.99. The molecule has 0 saturated carbocycles. The van der Waals surface area contributed by atoms with Gasteiger partial charge in [-0.25, -0.2) is 4.79 Å². The fourth-order valence-electron chi connectivity index (χ4n) is 0.516. The molecule has 7 nitrogen and oxygen atoms in total. The Hall–Kier alpha value is -0.960. The first-order chi connectivity index (χ1) is 8.51. The predicted octanol–water partition coefficient (Wildman–Crippen LogP) is 0.683. The second kappa shape index (κ2) is 9.03. The average molecular weight is 298 g/mol. The first kappa shape index (κ1) is 20.4. The summed E-state index contributed by atoms with van der Waals surface area (Å²) in [5.41, 5.74) is 0.450. The predicted molar refractivity (Wildman–Crippen MR) is 71.4 cm³/mol. The molecule has 0 spiro atoms. The van der Waals surface area contributed by atoms with Crippen molar-refractivity contribution in [1.82, 2.24) is 0 Å². The molecule has 0 heterocycles. The highest BCUT2D eigenvalue weighted by molar-refractivity contribution is 7.81. The van der Waals surface area contributed by atoms with Crippen LogP contribution in [0.25, 0.3) is 0 Å². The summed E-state index contributed by atoms with van der Waals surface area (Å²) < 4.78 is 33.2. The molecule has 19 heavy (non-hydrogen) atoms. The zero-order valence-electron chi connectivity index (χ0n) is 12.4. The van der Waals surface area contributed by atoms with Gasteiger partial charge < -0.3 is 4.74 Å². The minimum atomic E-state index is -3.66. The largest absolute Gasteiger partial charge is 0.412 e. The molecule has 0 aromatic heterocycles. The summed E-state index contributed by atoms with van der Waals surface area (Å²) >= 11 is 0. The molecule has 0 aliphatic heterocycles. The third-order valence-electron chi connectivity index (χ3n) is 2.16. The summed E-state index contributed by atoms with van der Waals surface area (Å²) in [5.74, 6) is -0.311. The van der Waals surface area contributed by atoms with Gasteiger partial charge in [-0.2, -0.15) is 8.42 Å². The van der Waals surface area contributed by atoms with Crippen LogP contribution in [0.3, 0.4) is 0 Å². The first-order valence-electron chi connectivity index (χ1n) is 5.52. The standard InChI is InChI=1S/C9H18NO2.C2H6O4S/c1-6-10(4,5)7-12-9(11)8(2)3;1-5-7(3,4)6-2/h2,6-7H2,1,3-5H3;1-2H3/q+1;. The first-order valence-corrected chi connectivity index (χ1v) is 6.85. The van der Waals surface area contributed by atoms with E-state index in [1.165, 1.54) is 0 Å². The van der Waals surface area contributed by atoms with Crippen LogP contribution >= 0.6 is 0 Å². The van der Waals surface area contributed by atoms with Gasteiger partial charge in [0.05, 0.1) is 34.9 Å². The number of carbonyl (C=O) groups excluding carboxylic acids is 1. The van der Waals surface area contributed by atoms with E-state index in [0.717, 1.165) is 20.8 Å². The van der Waals surface area contributed by atoms with E-state index >= 15 is 0 Å². The van der Waals surface area contributed by atoms with Gasteiger partial charge in [-0.15, -0.1) is 0 Å². The topological polar surface area (TPSA) is 78.9 Å². The SMILES string of the molecule is C=C(C)C(=O)OC[N+](C)(C)CC.COS(=O)(=O)OC. The van der Waals surface area contributed by atoms with E-state index < -0.39 is 10.4 Å². The summed E-state index contributed by atoms with van der Waals surface area (Å²) in [6.45, 7) is 8.54. The molecule has 0 aliphatic carbocycles. The molecule has 0 aromatic carbocycles. The van der Waals surface area contributed by atoms with Crippen LogP contribution in [-0.2, 0) is 28.3 Å². The number of rotatable bonds is 6. The number of hydrogen-bond acceptors (Lipinski definition) is 6. The Morgan fingerprint density at radius 1 is 1.21 bits per heavy atom. The van der Waals surface area contributed by atoms with E-state index in [0.29, 0.717) is 16.8 Å².